The lowest BCUT2D eigenvalue weighted by atomic mass is 10.2. The first kappa shape index (κ1) is 13.4. The molecule has 0 unspecified atom stereocenters. The highest BCUT2D eigenvalue weighted by atomic mass is 32.1. The van der Waals surface area contributed by atoms with E-state index in [9.17, 15) is 4.79 Å². The summed E-state index contributed by atoms with van der Waals surface area (Å²) in [5.74, 6) is 0.0434. The molecule has 0 fully saturated rings. The predicted octanol–water partition coefficient (Wildman–Crippen LogP) is 2.47. The van der Waals surface area contributed by atoms with Crippen LogP contribution in [0.1, 0.15) is 26.2 Å². The van der Waals surface area contributed by atoms with Crippen LogP contribution in [0, 0.1) is 0 Å². The third-order valence-electron chi connectivity index (χ3n) is 2.19. The Kier molecular flexibility index (Phi) is 5.42. The third-order valence-corrected chi connectivity index (χ3v) is 2.30. The van der Waals surface area contributed by atoms with Crippen LogP contribution in [0.3, 0.4) is 0 Å². The van der Waals surface area contributed by atoms with Gasteiger partial charge in [-0.25, -0.2) is 0 Å². The van der Waals surface area contributed by atoms with E-state index in [1.54, 1.807) is 0 Å². The molecule has 4 N–H and O–H groups in total. The number of nitrogens with one attached hydrogen (secondary N) is 2. The summed E-state index contributed by atoms with van der Waals surface area (Å²) < 4.78 is 0. The fraction of sp³-hybridized carbons (Fsp3) is 0.333. The maximum absolute atomic E-state index is 11.5. The topological polar surface area (TPSA) is 67.2 Å². The van der Waals surface area contributed by atoms with Crippen molar-refractivity contribution in [3.63, 3.8) is 0 Å². The van der Waals surface area contributed by atoms with Crippen LogP contribution in [-0.4, -0.2) is 11.0 Å². The van der Waals surface area contributed by atoms with Crippen LogP contribution in [0.4, 0.5) is 11.4 Å². The van der Waals surface area contributed by atoms with E-state index < -0.39 is 0 Å². The lowest BCUT2D eigenvalue weighted by molar-refractivity contribution is -0.116. The Morgan fingerprint density at radius 2 is 1.76 bits per heavy atom. The second kappa shape index (κ2) is 6.85. The number of carbonyl (C=O) groups excluding carboxylic acids is 1. The molecule has 4 nitrogen and oxygen atoms in total. The molecular formula is C12H17N3OS. The minimum Gasteiger partial charge on any atom is -0.376 e. The van der Waals surface area contributed by atoms with Gasteiger partial charge < -0.3 is 16.4 Å². The Morgan fingerprint density at radius 3 is 2.24 bits per heavy atom. The Morgan fingerprint density at radius 1 is 1.24 bits per heavy atom. The van der Waals surface area contributed by atoms with Crippen molar-refractivity contribution in [1.82, 2.24) is 0 Å². The SMILES string of the molecule is CCCCC(=O)Nc1ccc(NC(N)=S)cc1. The molecule has 0 saturated carbocycles. The number of anilines is 2. The van der Waals surface area contributed by atoms with Crippen LogP contribution in [0.25, 0.3) is 0 Å². The summed E-state index contributed by atoms with van der Waals surface area (Å²) in [6, 6.07) is 7.25. The molecule has 1 aromatic carbocycles. The lowest BCUT2D eigenvalue weighted by Gasteiger charge is -2.07. The first-order chi connectivity index (χ1) is 8.11. The van der Waals surface area contributed by atoms with Crippen molar-refractivity contribution in [2.75, 3.05) is 10.6 Å². The Bertz CT molecular complexity index is 389. The van der Waals surface area contributed by atoms with Gasteiger partial charge in [-0.3, -0.25) is 4.79 Å². The van der Waals surface area contributed by atoms with E-state index in [1.165, 1.54) is 0 Å². The zero-order valence-electron chi connectivity index (χ0n) is 9.82. The molecular weight excluding hydrogens is 234 g/mol. The summed E-state index contributed by atoms with van der Waals surface area (Å²) in [6.07, 6.45) is 2.49. The van der Waals surface area contributed by atoms with Crippen molar-refractivity contribution < 1.29 is 4.79 Å². The maximum Gasteiger partial charge on any atom is 0.224 e. The number of amides is 1. The summed E-state index contributed by atoms with van der Waals surface area (Å²) >= 11 is 4.73. The first-order valence-electron chi connectivity index (χ1n) is 5.58. The molecule has 0 aromatic heterocycles. The van der Waals surface area contributed by atoms with Gasteiger partial charge in [0.2, 0.25) is 5.91 Å². The second-order valence-electron chi connectivity index (χ2n) is 3.72. The normalized spacial score (nSPS) is 9.71. The number of thiocarbonyl (C=S) groups is 1. The smallest absolute Gasteiger partial charge is 0.224 e. The van der Waals surface area contributed by atoms with Gasteiger partial charge >= 0.3 is 0 Å². The molecule has 0 saturated heterocycles. The molecule has 5 heteroatoms. The molecule has 0 aliphatic rings. The Hall–Kier alpha value is -1.62. The van der Waals surface area contributed by atoms with Gasteiger partial charge in [-0.1, -0.05) is 13.3 Å². The van der Waals surface area contributed by atoms with E-state index in [-0.39, 0.29) is 11.0 Å². The summed E-state index contributed by atoms with van der Waals surface area (Å²) in [6.45, 7) is 2.06. The molecule has 0 bridgehead atoms. The molecule has 0 radical (unpaired) electrons. The summed E-state index contributed by atoms with van der Waals surface area (Å²) in [5.41, 5.74) is 6.94. The van der Waals surface area contributed by atoms with E-state index in [0.29, 0.717) is 6.42 Å². The van der Waals surface area contributed by atoms with Gasteiger partial charge in [0.05, 0.1) is 0 Å². The number of hydrogen-bond acceptors (Lipinski definition) is 2. The second-order valence-corrected chi connectivity index (χ2v) is 4.16. The summed E-state index contributed by atoms with van der Waals surface area (Å²) in [4.78, 5) is 11.5. The predicted molar refractivity (Wildman–Crippen MR) is 75.0 cm³/mol. The third kappa shape index (κ3) is 5.31. The molecule has 1 rings (SSSR count). The number of benzene rings is 1. The number of nitrogens with two attached hydrogens (primary N) is 1. The van der Waals surface area contributed by atoms with Crippen molar-refractivity contribution in [2.24, 2.45) is 5.73 Å². The van der Waals surface area contributed by atoms with Gasteiger partial charge in [-0.05, 0) is 42.9 Å². The van der Waals surface area contributed by atoms with Crippen LogP contribution < -0.4 is 16.4 Å². The van der Waals surface area contributed by atoms with Crippen molar-refractivity contribution >= 4 is 34.6 Å². The molecule has 1 aromatic rings. The minimum absolute atomic E-state index is 0.0434. The molecule has 0 atom stereocenters. The summed E-state index contributed by atoms with van der Waals surface area (Å²) in [7, 11) is 0. The zero-order chi connectivity index (χ0) is 12.7. The van der Waals surface area contributed by atoms with Gasteiger partial charge in [-0.2, -0.15) is 0 Å². The van der Waals surface area contributed by atoms with Crippen molar-refractivity contribution in [1.29, 1.82) is 0 Å². The van der Waals surface area contributed by atoms with Crippen molar-refractivity contribution in [2.45, 2.75) is 26.2 Å². The highest BCUT2D eigenvalue weighted by Crippen LogP contribution is 2.13. The van der Waals surface area contributed by atoms with E-state index in [4.69, 9.17) is 18.0 Å². The molecule has 0 heterocycles. The standard InChI is InChI=1S/C12H17N3OS/c1-2-3-4-11(16)14-9-5-7-10(8-6-9)15-12(13)17/h5-8H,2-4H2,1H3,(H,14,16)(H3,13,15,17). The highest BCUT2D eigenvalue weighted by molar-refractivity contribution is 7.80. The molecule has 0 aliphatic heterocycles. The van der Waals surface area contributed by atoms with Crippen LogP contribution in [0.15, 0.2) is 24.3 Å². The monoisotopic (exact) mass is 251 g/mol. The molecule has 17 heavy (non-hydrogen) atoms. The van der Waals surface area contributed by atoms with Crippen molar-refractivity contribution in [3.8, 4) is 0 Å². The van der Waals surface area contributed by atoms with E-state index in [2.05, 4.69) is 17.6 Å². The van der Waals surface area contributed by atoms with Crippen LogP contribution in [0.5, 0.6) is 0 Å². The van der Waals surface area contributed by atoms with E-state index in [1.807, 2.05) is 24.3 Å². The molecule has 0 spiro atoms. The van der Waals surface area contributed by atoms with Crippen molar-refractivity contribution in [3.05, 3.63) is 24.3 Å². The summed E-state index contributed by atoms with van der Waals surface area (Å²) in [5, 5.41) is 5.87. The molecule has 1 amide bonds. The number of unbranched alkanes of at least 4 members (excludes halogenated alkanes) is 1. The van der Waals surface area contributed by atoms with Gasteiger partial charge in [-0.15, -0.1) is 0 Å². The fourth-order valence-electron chi connectivity index (χ4n) is 1.34. The Labute approximate surface area is 107 Å². The van der Waals surface area contributed by atoms with E-state index in [0.717, 1.165) is 24.2 Å². The maximum atomic E-state index is 11.5. The quantitative estimate of drug-likeness (QED) is 0.703. The van der Waals surface area contributed by atoms with Crippen LogP contribution in [-0.2, 0) is 4.79 Å². The number of rotatable bonds is 5. The number of carbonyl (C=O) groups is 1. The molecule has 0 aliphatic carbocycles. The fourth-order valence-corrected chi connectivity index (χ4v) is 1.46. The van der Waals surface area contributed by atoms with Gasteiger partial charge in [0.1, 0.15) is 0 Å². The number of hydrogen-bond donors (Lipinski definition) is 3. The average Bonchev–Trinajstić information content (AvgIpc) is 2.28. The van der Waals surface area contributed by atoms with Gasteiger partial charge in [0, 0.05) is 17.8 Å². The van der Waals surface area contributed by atoms with E-state index >= 15 is 0 Å². The minimum atomic E-state index is 0.0434. The van der Waals surface area contributed by atoms with Gasteiger partial charge in [0.15, 0.2) is 5.11 Å². The Balaban J connectivity index is 2.50. The highest BCUT2D eigenvalue weighted by Gasteiger charge is 2.01. The largest absolute Gasteiger partial charge is 0.376 e. The van der Waals surface area contributed by atoms with Gasteiger partial charge in [0.25, 0.3) is 0 Å². The zero-order valence-corrected chi connectivity index (χ0v) is 10.6. The lowest BCUT2D eigenvalue weighted by Crippen LogP contribution is -2.18. The molecule has 92 valence electrons. The average molecular weight is 251 g/mol. The van der Waals surface area contributed by atoms with Crippen LogP contribution in [0.2, 0.25) is 0 Å². The van der Waals surface area contributed by atoms with Crippen LogP contribution >= 0.6 is 12.2 Å². The first-order valence-corrected chi connectivity index (χ1v) is 5.99.